The predicted octanol–water partition coefficient (Wildman–Crippen LogP) is 4.24. The lowest BCUT2D eigenvalue weighted by molar-refractivity contribution is -0.212. The second-order valence-corrected chi connectivity index (χ2v) is 8.48. The van der Waals surface area contributed by atoms with Gasteiger partial charge in [-0.1, -0.05) is 66.7 Å². The van der Waals surface area contributed by atoms with Crippen molar-refractivity contribution in [2.75, 3.05) is 20.3 Å². The monoisotopic (exact) mass is 440 g/mol. The lowest BCUT2D eigenvalue weighted by atomic mass is 10.0. The summed E-state index contributed by atoms with van der Waals surface area (Å²) >= 11 is 0. The number of fused-ring (bicyclic) bond motifs is 1. The van der Waals surface area contributed by atoms with E-state index in [0.29, 0.717) is 26.4 Å². The highest BCUT2D eigenvalue weighted by molar-refractivity contribution is 5.18. The van der Waals surface area contributed by atoms with Crippen molar-refractivity contribution in [3.8, 4) is 0 Å². The van der Waals surface area contributed by atoms with Crippen molar-refractivity contribution < 1.29 is 28.4 Å². The van der Waals surface area contributed by atoms with Crippen LogP contribution in [0.25, 0.3) is 0 Å². The zero-order chi connectivity index (χ0) is 22.4. The third kappa shape index (κ3) is 5.84. The van der Waals surface area contributed by atoms with Crippen LogP contribution < -0.4 is 0 Å². The van der Waals surface area contributed by atoms with Crippen LogP contribution in [0.2, 0.25) is 0 Å². The lowest BCUT2D eigenvalue weighted by Crippen LogP contribution is -2.37. The summed E-state index contributed by atoms with van der Waals surface area (Å²) in [5, 5.41) is 0. The molecule has 2 aliphatic heterocycles. The van der Waals surface area contributed by atoms with Gasteiger partial charge in [0.05, 0.1) is 26.4 Å². The van der Waals surface area contributed by atoms with Crippen LogP contribution in [0.5, 0.6) is 0 Å². The lowest BCUT2D eigenvalue weighted by Gasteiger charge is -2.26. The summed E-state index contributed by atoms with van der Waals surface area (Å²) in [6.45, 7) is 5.66. The molecule has 0 saturated carbocycles. The van der Waals surface area contributed by atoms with E-state index in [1.807, 2.05) is 80.6 Å². The van der Waals surface area contributed by atoms with Gasteiger partial charge in [-0.3, -0.25) is 0 Å². The van der Waals surface area contributed by atoms with Gasteiger partial charge in [0.1, 0.15) is 18.3 Å². The maximum Gasteiger partial charge on any atom is 0.190 e. The minimum Gasteiger partial charge on any atom is -0.375 e. The van der Waals surface area contributed by atoms with E-state index in [1.54, 1.807) is 7.11 Å². The minimum atomic E-state index is -0.691. The molecule has 2 aliphatic rings. The highest BCUT2D eigenvalue weighted by Crippen LogP contribution is 2.40. The van der Waals surface area contributed by atoms with Crippen LogP contribution in [-0.2, 0) is 41.6 Å². The average molecular weight is 441 g/mol. The van der Waals surface area contributed by atoms with Gasteiger partial charge in [0.2, 0.25) is 0 Å². The molecule has 0 aliphatic carbocycles. The maximum atomic E-state index is 6.23. The molecule has 2 aromatic rings. The summed E-state index contributed by atoms with van der Waals surface area (Å²) in [6, 6.07) is 20.2. The molecule has 32 heavy (non-hydrogen) atoms. The van der Waals surface area contributed by atoms with E-state index < -0.39 is 12.1 Å². The van der Waals surface area contributed by atoms with E-state index in [-0.39, 0.29) is 18.3 Å². The third-order valence-electron chi connectivity index (χ3n) is 5.58. The van der Waals surface area contributed by atoms with E-state index in [1.165, 1.54) is 0 Å². The first-order valence-corrected chi connectivity index (χ1v) is 11.0. The smallest absolute Gasteiger partial charge is 0.190 e. The second kappa shape index (κ2) is 10.7. The van der Waals surface area contributed by atoms with Crippen LogP contribution in [0.4, 0.5) is 0 Å². The topological polar surface area (TPSA) is 55.4 Å². The summed E-state index contributed by atoms with van der Waals surface area (Å²) in [6.07, 6.45) is 0.645. The fourth-order valence-corrected chi connectivity index (χ4v) is 4.07. The van der Waals surface area contributed by atoms with E-state index in [4.69, 9.17) is 28.4 Å². The number of benzene rings is 2. The molecule has 4 rings (SSSR count). The Morgan fingerprint density at radius 2 is 1.53 bits per heavy atom. The van der Waals surface area contributed by atoms with E-state index in [2.05, 4.69) is 0 Å². The third-order valence-corrected chi connectivity index (χ3v) is 5.58. The molecule has 6 nitrogen and oxygen atoms in total. The molecule has 0 spiro atoms. The van der Waals surface area contributed by atoms with Gasteiger partial charge in [-0.05, 0) is 30.5 Å². The van der Waals surface area contributed by atoms with Gasteiger partial charge in [-0.15, -0.1) is 0 Å². The Morgan fingerprint density at radius 1 is 0.906 bits per heavy atom. The van der Waals surface area contributed by atoms with Crippen LogP contribution in [0, 0.1) is 0 Å². The van der Waals surface area contributed by atoms with Crippen molar-refractivity contribution in [1.29, 1.82) is 0 Å². The maximum absolute atomic E-state index is 6.23. The Morgan fingerprint density at radius 3 is 2.16 bits per heavy atom. The highest BCUT2D eigenvalue weighted by atomic mass is 16.8. The highest BCUT2D eigenvalue weighted by Gasteiger charge is 2.55. The Hall–Kier alpha value is -2.06. The van der Waals surface area contributed by atoms with Crippen LogP contribution >= 0.6 is 0 Å². The van der Waals surface area contributed by atoms with Gasteiger partial charge in [0.25, 0.3) is 0 Å². The molecule has 0 unspecified atom stereocenters. The SMILES string of the molecule is CO[C@@H]1[C@H]2OC(C)(C)O[C@H]2O[C@@H]1/C(=C\COCc1ccccc1)COCc1ccccc1. The molecule has 0 aromatic heterocycles. The first-order chi connectivity index (χ1) is 15.6. The van der Waals surface area contributed by atoms with Crippen LogP contribution in [-0.4, -0.2) is 50.7 Å². The van der Waals surface area contributed by atoms with Crippen molar-refractivity contribution >= 4 is 0 Å². The number of hydrogen-bond donors (Lipinski definition) is 0. The Balaban J connectivity index is 1.41. The van der Waals surface area contributed by atoms with Crippen molar-refractivity contribution in [3.05, 3.63) is 83.4 Å². The van der Waals surface area contributed by atoms with Crippen LogP contribution in [0.15, 0.2) is 72.3 Å². The largest absolute Gasteiger partial charge is 0.375 e. The average Bonchev–Trinajstić information content (AvgIpc) is 3.28. The van der Waals surface area contributed by atoms with E-state index in [9.17, 15) is 0 Å². The van der Waals surface area contributed by atoms with Crippen molar-refractivity contribution in [3.63, 3.8) is 0 Å². The molecule has 0 amide bonds. The fraction of sp³-hybridized carbons (Fsp3) is 0.462. The van der Waals surface area contributed by atoms with Gasteiger partial charge >= 0.3 is 0 Å². The Labute approximate surface area is 190 Å². The molecule has 2 saturated heterocycles. The molecule has 0 radical (unpaired) electrons. The predicted molar refractivity (Wildman–Crippen MR) is 120 cm³/mol. The normalized spacial score (nSPS) is 26.9. The minimum absolute atomic E-state index is 0.289. The molecule has 2 aromatic carbocycles. The first kappa shape index (κ1) is 23.1. The molecular formula is C26H32O6. The van der Waals surface area contributed by atoms with Crippen molar-refractivity contribution in [2.45, 2.75) is 57.5 Å². The van der Waals surface area contributed by atoms with Crippen LogP contribution in [0.1, 0.15) is 25.0 Å². The summed E-state index contributed by atoms with van der Waals surface area (Å²) in [4.78, 5) is 0. The molecule has 2 fully saturated rings. The van der Waals surface area contributed by atoms with Crippen molar-refractivity contribution in [2.24, 2.45) is 0 Å². The Kier molecular flexibility index (Phi) is 7.73. The van der Waals surface area contributed by atoms with Gasteiger partial charge in [-0.2, -0.15) is 0 Å². The van der Waals surface area contributed by atoms with Crippen LogP contribution in [0.3, 0.4) is 0 Å². The number of methoxy groups -OCH3 is 1. The summed E-state index contributed by atoms with van der Waals surface area (Å²) in [7, 11) is 1.67. The van der Waals surface area contributed by atoms with Crippen molar-refractivity contribution in [1.82, 2.24) is 0 Å². The van der Waals surface area contributed by atoms with Gasteiger partial charge < -0.3 is 28.4 Å². The molecule has 0 N–H and O–H groups in total. The second-order valence-electron chi connectivity index (χ2n) is 8.48. The van der Waals surface area contributed by atoms with Gasteiger partial charge in [-0.25, -0.2) is 0 Å². The number of hydrogen-bond acceptors (Lipinski definition) is 6. The van der Waals surface area contributed by atoms with Gasteiger partial charge in [0, 0.05) is 7.11 Å². The molecule has 6 heteroatoms. The van der Waals surface area contributed by atoms with E-state index >= 15 is 0 Å². The van der Waals surface area contributed by atoms with Gasteiger partial charge in [0.15, 0.2) is 12.1 Å². The van der Waals surface area contributed by atoms with E-state index in [0.717, 1.165) is 16.7 Å². The first-order valence-electron chi connectivity index (χ1n) is 11.0. The summed E-state index contributed by atoms with van der Waals surface area (Å²) in [5.41, 5.74) is 3.21. The fourth-order valence-electron chi connectivity index (χ4n) is 4.07. The molecule has 2 heterocycles. The summed E-state index contributed by atoms with van der Waals surface area (Å²) < 4.78 is 35.9. The zero-order valence-electron chi connectivity index (χ0n) is 18.9. The summed E-state index contributed by atoms with van der Waals surface area (Å²) in [5.74, 6) is -0.691. The quantitative estimate of drug-likeness (QED) is 0.407. The standard InChI is InChI=1S/C26H32O6/c1-26(2)31-24-23(27-3)22(30-25(24)32-26)21(18-29-17-20-12-8-5-9-13-20)14-15-28-16-19-10-6-4-7-11-19/h4-14,22-25H,15-18H2,1-3H3/b21-14-/t22-,23+,24-,25-/m1/s1. The molecular weight excluding hydrogens is 408 g/mol. The zero-order valence-corrected chi connectivity index (χ0v) is 18.9. The number of ether oxygens (including phenoxy) is 6. The molecule has 172 valence electrons. The number of rotatable bonds is 10. The Bertz CT molecular complexity index is 866. The molecule has 0 bridgehead atoms. The molecule has 4 atom stereocenters.